The summed E-state index contributed by atoms with van der Waals surface area (Å²) in [4.78, 5) is 44.2. The summed E-state index contributed by atoms with van der Waals surface area (Å²) < 4.78 is 6.71. The molecule has 0 aliphatic carbocycles. The quantitative estimate of drug-likeness (QED) is 0.295. The van der Waals surface area contributed by atoms with Gasteiger partial charge in [-0.05, 0) is 42.7 Å². The Hall–Kier alpha value is -3.20. The number of rotatable bonds is 7. The first kappa shape index (κ1) is 24.9. The maximum atomic E-state index is 13.4. The van der Waals surface area contributed by atoms with Crippen molar-refractivity contribution in [3.63, 3.8) is 0 Å². The molecular weight excluding hydrogens is 509 g/mol. The number of halogens is 2. The van der Waals surface area contributed by atoms with Crippen molar-refractivity contribution in [2.45, 2.75) is 32.9 Å². The maximum absolute atomic E-state index is 13.4. The first-order valence-corrected chi connectivity index (χ1v) is 12.3. The molecule has 0 saturated carbocycles. The number of thiophene rings is 1. The fourth-order valence-electron chi connectivity index (χ4n) is 3.66. The Kier molecular flexibility index (Phi) is 7.54. The Bertz CT molecular complexity index is 1470. The summed E-state index contributed by atoms with van der Waals surface area (Å²) in [5, 5.41) is 3.76. The van der Waals surface area contributed by atoms with Crippen molar-refractivity contribution in [2.24, 2.45) is 0 Å². The van der Waals surface area contributed by atoms with Gasteiger partial charge in [-0.15, -0.1) is 11.3 Å². The van der Waals surface area contributed by atoms with Gasteiger partial charge in [0.2, 0.25) is 5.91 Å². The van der Waals surface area contributed by atoms with Gasteiger partial charge in [0.1, 0.15) is 22.4 Å². The van der Waals surface area contributed by atoms with Crippen molar-refractivity contribution in [3.05, 3.63) is 91.3 Å². The van der Waals surface area contributed by atoms with Crippen LogP contribution in [0.3, 0.4) is 0 Å². The molecule has 2 aromatic carbocycles. The summed E-state index contributed by atoms with van der Waals surface area (Å²) in [5.41, 5.74) is 1.32. The molecule has 0 aliphatic heterocycles. The van der Waals surface area contributed by atoms with Crippen LogP contribution in [-0.4, -0.2) is 21.4 Å². The number of hydrogen-bond acceptors (Lipinski definition) is 6. The average Bonchev–Trinajstić information content (AvgIpc) is 3.19. The second-order valence-electron chi connectivity index (χ2n) is 7.79. The van der Waals surface area contributed by atoms with Crippen LogP contribution in [0.25, 0.3) is 10.2 Å². The molecular formula is C25H21Cl2N3O4S. The van der Waals surface area contributed by atoms with E-state index in [4.69, 9.17) is 27.9 Å². The number of esters is 1. The van der Waals surface area contributed by atoms with Crippen LogP contribution < -0.4 is 10.9 Å². The number of nitrogens with zero attached hydrogens (tertiary/aromatic N) is 2. The highest BCUT2D eigenvalue weighted by molar-refractivity contribution is 7.20. The summed E-state index contributed by atoms with van der Waals surface area (Å²) in [5.74, 6) is -0.946. The third-order valence-corrected chi connectivity index (χ3v) is 7.22. The van der Waals surface area contributed by atoms with Crippen LogP contribution in [-0.2, 0) is 16.1 Å². The van der Waals surface area contributed by atoms with Crippen LogP contribution in [0.2, 0.25) is 10.0 Å². The molecule has 0 saturated heterocycles. The van der Waals surface area contributed by atoms with Gasteiger partial charge in [0.05, 0.1) is 22.4 Å². The zero-order chi connectivity index (χ0) is 25.1. The summed E-state index contributed by atoms with van der Waals surface area (Å²) >= 11 is 13.2. The number of benzene rings is 2. The van der Waals surface area contributed by atoms with Gasteiger partial charge in [-0.25, -0.2) is 9.78 Å². The van der Waals surface area contributed by atoms with Crippen molar-refractivity contribution in [2.75, 3.05) is 5.32 Å². The van der Waals surface area contributed by atoms with Gasteiger partial charge in [0.15, 0.2) is 0 Å². The van der Waals surface area contributed by atoms with Crippen molar-refractivity contribution in [3.8, 4) is 0 Å². The number of nitrogens with one attached hydrogen (secondary N) is 1. The van der Waals surface area contributed by atoms with Crippen LogP contribution in [0.4, 0.5) is 5.69 Å². The van der Waals surface area contributed by atoms with Gasteiger partial charge in [0.25, 0.3) is 5.56 Å². The minimum atomic E-state index is -0.834. The summed E-state index contributed by atoms with van der Waals surface area (Å²) in [6, 6.07) is 13.2. The number of aryl methyl sites for hydroxylation is 1. The number of amides is 1. The lowest BCUT2D eigenvalue weighted by Gasteiger charge is -2.18. The van der Waals surface area contributed by atoms with Crippen LogP contribution in [0.15, 0.2) is 59.7 Å². The molecule has 35 heavy (non-hydrogen) atoms. The molecule has 0 spiro atoms. The van der Waals surface area contributed by atoms with E-state index in [9.17, 15) is 14.4 Å². The number of carbonyl (C=O) groups is 2. The smallest absolute Gasteiger partial charge is 0.349 e. The van der Waals surface area contributed by atoms with E-state index >= 15 is 0 Å². The minimum Gasteiger partial charge on any atom is -0.457 e. The molecule has 1 atom stereocenters. The maximum Gasteiger partial charge on any atom is 0.349 e. The van der Waals surface area contributed by atoms with Crippen LogP contribution in [0.1, 0.15) is 40.2 Å². The molecule has 4 rings (SSSR count). The van der Waals surface area contributed by atoms with Gasteiger partial charge in [0, 0.05) is 5.02 Å². The van der Waals surface area contributed by atoms with E-state index in [-0.39, 0.29) is 11.6 Å². The first-order chi connectivity index (χ1) is 16.8. The third kappa shape index (κ3) is 5.24. The zero-order valence-corrected chi connectivity index (χ0v) is 21.2. The lowest BCUT2D eigenvalue weighted by molar-refractivity contribution is -0.119. The Morgan fingerprint density at radius 3 is 2.60 bits per heavy atom. The molecule has 7 nitrogen and oxygen atoms in total. The van der Waals surface area contributed by atoms with E-state index < -0.39 is 23.5 Å². The predicted octanol–water partition coefficient (Wildman–Crippen LogP) is 6.02. The van der Waals surface area contributed by atoms with E-state index in [1.807, 2.05) is 30.3 Å². The first-order valence-electron chi connectivity index (χ1n) is 10.8. The monoisotopic (exact) mass is 529 g/mol. The molecule has 180 valence electrons. The number of carbonyl (C=O) groups excluding carboxylic acids is 2. The highest BCUT2D eigenvalue weighted by atomic mass is 35.5. The molecule has 1 unspecified atom stereocenters. The van der Waals surface area contributed by atoms with Gasteiger partial charge in [-0.1, -0.05) is 60.5 Å². The SMILES string of the molecule is CCC(C(=O)Nc1ccc(Cl)cc1Cl)n1cnc2sc(C(=O)OCc3ccccc3)c(C)c2c1=O. The van der Waals surface area contributed by atoms with Crippen LogP contribution >= 0.6 is 34.5 Å². The Morgan fingerprint density at radius 2 is 1.91 bits per heavy atom. The van der Waals surface area contributed by atoms with Crippen molar-refractivity contribution in [1.82, 2.24) is 9.55 Å². The van der Waals surface area contributed by atoms with E-state index in [0.717, 1.165) is 16.9 Å². The standard InChI is InChI=1S/C25H21Cl2N3O4S/c1-3-19(22(31)29-18-10-9-16(26)11-17(18)27)30-13-28-23-20(24(30)32)14(2)21(35-23)25(33)34-12-15-7-5-4-6-8-15/h4-11,13,19H,3,12H2,1-2H3,(H,29,31). The lowest BCUT2D eigenvalue weighted by atomic mass is 10.1. The highest BCUT2D eigenvalue weighted by Crippen LogP contribution is 2.29. The third-order valence-electron chi connectivity index (χ3n) is 5.49. The predicted molar refractivity (Wildman–Crippen MR) is 139 cm³/mol. The molecule has 1 N–H and O–H groups in total. The zero-order valence-electron chi connectivity index (χ0n) is 18.9. The molecule has 2 heterocycles. The Morgan fingerprint density at radius 1 is 1.17 bits per heavy atom. The Balaban J connectivity index is 1.61. The molecule has 10 heteroatoms. The van der Waals surface area contributed by atoms with Crippen LogP contribution in [0.5, 0.6) is 0 Å². The van der Waals surface area contributed by atoms with Gasteiger partial charge < -0.3 is 10.1 Å². The number of ether oxygens (including phenoxy) is 1. The van der Waals surface area contributed by atoms with E-state index in [0.29, 0.717) is 37.8 Å². The van der Waals surface area contributed by atoms with Gasteiger partial charge in [-0.3, -0.25) is 14.2 Å². The molecule has 0 fully saturated rings. The normalized spacial score (nSPS) is 11.9. The van der Waals surface area contributed by atoms with Crippen molar-refractivity contribution in [1.29, 1.82) is 0 Å². The van der Waals surface area contributed by atoms with E-state index in [1.54, 1.807) is 26.0 Å². The average molecular weight is 530 g/mol. The second kappa shape index (κ2) is 10.6. The van der Waals surface area contributed by atoms with Gasteiger partial charge in [-0.2, -0.15) is 0 Å². The molecule has 1 amide bonds. The summed E-state index contributed by atoms with van der Waals surface area (Å²) in [7, 11) is 0. The van der Waals surface area contributed by atoms with Crippen LogP contribution in [0, 0.1) is 6.92 Å². The summed E-state index contributed by atoms with van der Waals surface area (Å²) in [6.07, 6.45) is 1.66. The molecule has 0 bridgehead atoms. The second-order valence-corrected chi connectivity index (χ2v) is 9.64. The molecule has 0 aliphatic rings. The largest absolute Gasteiger partial charge is 0.457 e. The summed E-state index contributed by atoms with van der Waals surface area (Å²) in [6.45, 7) is 3.59. The van der Waals surface area contributed by atoms with E-state index in [2.05, 4.69) is 10.3 Å². The minimum absolute atomic E-state index is 0.121. The molecule has 4 aromatic rings. The van der Waals surface area contributed by atoms with E-state index in [1.165, 1.54) is 17.0 Å². The topological polar surface area (TPSA) is 90.3 Å². The fraction of sp³-hybridized carbons (Fsp3) is 0.200. The van der Waals surface area contributed by atoms with Crippen molar-refractivity contribution >= 4 is 62.3 Å². The molecule has 2 aromatic heterocycles. The Labute approximate surface area is 215 Å². The highest BCUT2D eigenvalue weighted by Gasteiger charge is 2.25. The lowest BCUT2D eigenvalue weighted by Crippen LogP contribution is -2.33. The number of aromatic nitrogens is 2. The number of anilines is 1. The number of fused-ring (bicyclic) bond motifs is 1. The molecule has 0 radical (unpaired) electrons. The number of hydrogen-bond donors (Lipinski definition) is 1. The van der Waals surface area contributed by atoms with Crippen molar-refractivity contribution < 1.29 is 14.3 Å². The fourth-order valence-corrected chi connectivity index (χ4v) is 5.15. The van der Waals surface area contributed by atoms with Gasteiger partial charge >= 0.3 is 5.97 Å².